The lowest BCUT2D eigenvalue weighted by atomic mass is 10.3. The summed E-state index contributed by atoms with van der Waals surface area (Å²) in [5, 5.41) is 16.1. The highest BCUT2D eigenvalue weighted by Gasteiger charge is 2.36. The van der Waals surface area contributed by atoms with Gasteiger partial charge in [0.2, 0.25) is 5.82 Å². The van der Waals surface area contributed by atoms with Gasteiger partial charge in [-0.3, -0.25) is 5.41 Å². The van der Waals surface area contributed by atoms with Gasteiger partial charge in [0.05, 0.1) is 6.33 Å². The largest absolute Gasteiger partial charge is 0.451 e. The average molecular weight is 288 g/mol. The molecule has 2 aromatic rings. The maximum absolute atomic E-state index is 12.7. The van der Waals surface area contributed by atoms with E-state index >= 15 is 0 Å². The molecule has 0 spiro atoms. The van der Waals surface area contributed by atoms with Crippen molar-refractivity contribution in [3.63, 3.8) is 0 Å². The zero-order chi connectivity index (χ0) is 14.9. The molecule has 108 valence electrons. The van der Waals surface area contributed by atoms with Crippen molar-refractivity contribution in [2.45, 2.75) is 19.1 Å². The van der Waals surface area contributed by atoms with E-state index in [0.717, 1.165) is 0 Å². The first-order valence-electron chi connectivity index (χ1n) is 5.60. The smallest absolute Gasteiger partial charge is 0.396 e. The predicted octanol–water partition coefficient (Wildman–Crippen LogP) is 0.512. The highest BCUT2D eigenvalue weighted by Crippen LogP contribution is 2.28. The van der Waals surface area contributed by atoms with Gasteiger partial charge in [-0.2, -0.15) is 13.2 Å². The van der Waals surface area contributed by atoms with Crippen molar-refractivity contribution < 1.29 is 18.3 Å². The van der Waals surface area contributed by atoms with Gasteiger partial charge in [-0.1, -0.05) is 0 Å². The molecule has 0 saturated heterocycles. The molecule has 0 atom stereocenters. The molecule has 0 bridgehead atoms. The third kappa shape index (κ3) is 2.54. The predicted molar refractivity (Wildman–Crippen MR) is 63.0 cm³/mol. The summed E-state index contributed by atoms with van der Waals surface area (Å²) in [6.07, 6.45) is -3.13. The molecule has 0 radical (unpaired) electrons. The van der Waals surface area contributed by atoms with E-state index in [9.17, 15) is 13.2 Å². The number of imidazole rings is 1. The maximum atomic E-state index is 12.7. The van der Waals surface area contributed by atoms with E-state index in [1.54, 1.807) is 0 Å². The molecule has 0 aliphatic rings. The van der Waals surface area contributed by atoms with Crippen LogP contribution >= 0.6 is 0 Å². The molecular formula is C10H11F3N6O. The van der Waals surface area contributed by atoms with Gasteiger partial charge < -0.3 is 15.4 Å². The van der Waals surface area contributed by atoms with Gasteiger partial charge in [-0.05, 0) is 6.42 Å². The van der Waals surface area contributed by atoms with Crippen LogP contribution in [0.25, 0.3) is 11.2 Å². The number of aromatic nitrogens is 4. The lowest BCUT2D eigenvalue weighted by Crippen LogP contribution is -2.20. The Morgan fingerprint density at radius 2 is 2.10 bits per heavy atom. The fraction of sp³-hybridized carbons (Fsp3) is 0.400. The Morgan fingerprint density at radius 3 is 2.65 bits per heavy atom. The SMILES string of the molecule is N=C(N)c1nc(C(F)(F)F)nc2c1ncn2CCCO. The van der Waals surface area contributed by atoms with Crippen LogP contribution in [0.3, 0.4) is 0 Å². The summed E-state index contributed by atoms with van der Waals surface area (Å²) < 4.78 is 39.6. The van der Waals surface area contributed by atoms with E-state index in [1.807, 2.05) is 0 Å². The molecule has 7 nitrogen and oxygen atoms in total. The molecule has 0 aliphatic carbocycles. The molecule has 2 rings (SSSR count). The number of nitrogens with two attached hydrogens (primary N) is 1. The minimum atomic E-state index is -4.75. The van der Waals surface area contributed by atoms with Gasteiger partial charge in [0, 0.05) is 13.2 Å². The normalized spacial score (nSPS) is 12.0. The second kappa shape index (κ2) is 5.04. The molecule has 10 heteroatoms. The van der Waals surface area contributed by atoms with Gasteiger partial charge in [0.25, 0.3) is 0 Å². The van der Waals surface area contributed by atoms with Crippen molar-refractivity contribution in [3.05, 3.63) is 17.8 Å². The van der Waals surface area contributed by atoms with Crippen molar-refractivity contribution in [2.24, 2.45) is 5.73 Å². The minimum Gasteiger partial charge on any atom is -0.396 e. The Morgan fingerprint density at radius 1 is 1.40 bits per heavy atom. The average Bonchev–Trinajstić information content (AvgIpc) is 2.77. The molecule has 0 unspecified atom stereocenters. The highest BCUT2D eigenvalue weighted by atomic mass is 19.4. The van der Waals surface area contributed by atoms with E-state index in [2.05, 4.69) is 15.0 Å². The molecule has 0 amide bonds. The Kier molecular flexibility index (Phi) is 3.57. The number of fused-ring (bicyclic) bond motifs is 1. The van der Waals surface area contributed by atoms with Crippen LogP contribution in [0, 0.1) is 5.41 Å². The number of nitrogens with one attached hydrogen (secondary N) is 1. The number of rotatable bonds is 4. The summed E-state index contributed by atoms with van der Waals surface area (Å²) in [5.74, 6) is -1.99. The monoisotopic (exact) mass is 288 g/mol. The minimum absolute atomic E-state index is 0.0310. The first kappa shape index (κ1) is 14.2. The highest BCUT2D eigenvalue weighted by molar-refractivity contribution is 6.02. The van der Waals surface area contributed by atoms with Gasteiger partial charge >= 0.3 is 6.18 Å². The van der Waals surface area contributed by atoms with Gasteiger partial charge in [-0.25, -0.2) is 15.0 Å². The van der Waals surface area contributed by atoms with Gasteiger partial charge in [0.1, 0.15) is 17.0 Å². The van der Waals surface area contributed by atoms with Crippen LogP contribution in [-0.4, -0.2) is 37.1 Å². The molecule has 4 N–H and O–H groups in total. The van der Waals surface area contributed by atoms with E-state index in [1.165, 1.54) is 10.9 Å². The molecule has 0 saturated carbocycles. The summed E-state index contributed by atoms with van der Waals surface area (Å²) in [4.78, 5) is 10.6. The third-order valence-electron chi connectivity index (χ3n) is 2.53. The first-order valence-corrected chi connectivity index (χ1v) is 5.60. The zero-order valence-corrected chi connectivity index (χ0v) is 10.1. The van der Waals surface area contributed by atoms with Gasteiger partial charge in [0.15, 0.2) is 5.65 Å². The quantitative estimate of drug-likeness (QED) is 0.560. The van der Waals surface area contributed by atoms with Crippen LogP contribution in [0.2, 0.25) is 0 Å². The molecule has 2 heterocycles. The standard InChI is InChI=1S/C10H11F3N6O/c11-10(12,13)9-17-5(7(14)15)6-8(18-9)19(4-16-6)2-1-3-20/h4,20H,1-3H2,(H3,14,15). The first-order chi connectivity index (χ1) is 9.34. The fourth-order valence-corrected chi connectivity index (χ4v) is 1.66. The number of alkyl halides is 3. The summed E-state index contributed by atoms with van der Waals surface area (Å²) in [6, 6.07) is 0. The van der Waals surface area contributed by atoms with Crippen LogP contribution in [0.1, 0.15) is 17.9 Å². The summed E-state index contributed by atoms with van der Waals surface area (Å²) in [7, 11) is 0. The number of hydrogen-bond donors (Lipinski definition) is 3. The van der Waals surface area contributed by atoms with Crippen molar-refractivity contribution in [1.82, 2.24) is 19.5 Å². The molecular weight excluding hydrogens is 277 g/mol. The lowest BCUT2D eigenvalue weighted by molar-refractivity contribution is -0.144. The molecule has 0 aliphatic heterocycles. The lowest BCUT2D eigenvalue weighted by Gasteiger charge is -2.08. The number of aryl methyl sites for hydroxylation is 1. The van der Waals surface area contributed by atoms with E-state index in [0.29, 0.717) is 6.42 Å². The zero-order valence-electron chi connectivity index (χ0n) is 10.1. The van der Waals surface area contributed by atoms with Crippen LogP contribution in [0.4, 0.5) is 13.2 Å². The van der Waals surface area contributed by atoms with E-state index < -0.39 is 17.8 Å². The number of amidine groups is 1. The fourth-order valence-electron chi connectivity index (χ4n) is 1.66. The van der Waals surface area contributed by atoms with Crippen molar-refractivity contribution in [2.75, 3.05) is 6.61 Å². The molecule has 0 fully saturated rings. The Balaban J connectivity index is 2.65. The third-order valence-corrected chi connectivity index (χ3v) is 2.53. The number of aliphatic hydroxyl groups is 1. The van der Waals surface area contributed by atoms with Crippen molar-refractivity contribution >= 4 is 17.0 Å². The van der Waals surface area contributed by atoms with Gasteiger partial charge in [-0.15, -0.1) is 0 Å². The Hall–Kier alpha value is -2.23. The number of nitrogens with zero attached hydrogens (tertiary/aromatic N) is 4. The molecule has 2 aromatic heterocycles. The van der Waals surface area contributed by atoms with Crippen LogP contribution < -0.4 is 5.73 Å². The number of aliphatic hydroxyl groups excluding tert-OH is 1. The van der Waals surface area contributed by atoms with Crippen LogP contribution in [-0.2, 0) is 12.7 Å². The number of nitrogen functional groups attached to an aromatic ring is 1. The topological polar surface area (TPSA) is 114 Å². The second-order valence-electron chi connectivity index (χ2n) is 3.99. The second-order valence-corrected chi connectivity index (χ2v) is 3.99. The summed E-state index contributed by atoms with van der Waals surface area (Å²) in [6.45, 7) is 0.134. The van der Waals surface area contributed by atoms with Crippen molar-refractivity contribution in [3.8, 4) is 0 Å². The summed E-state index contributed by atoms with van der Waals surface area (Å²) in [5.41, 5.74) is 4.85. The van der Waals surface area contributed by atoms with Crippen molar-refractivity contribution in [1.29, 1.82) is 5.41 Å². The number of halogens is 3. The molecule has 20 heavy (non-hydrogen) atoms. The van der Waals surface area contributed by atoms with E-state index in [4.69, 9.17) is 16.2 Å². The summed E-state index contributed by atoms with van der Waals surface area (Å²) >= 11 is 0. The molecule has 0 aromatic carbocycles. The Labute approximate surface area is 110 Å². The van der Waals surface area contributed by atoms with Crippen LogP contribution in [0.15, 0.2) is 6.33 Å². The Bertz CT molecular complexity index is 650. The van der Waals surface area contributed by atoms with E-state index in [-0.39, 0.29) is 30.0 Å². The van der Waals surface area contributed by atoms with Crippen LogP contribution in [0.5, 0.6) is 0 Å². The maximum Gasteiger partial charge on any atom is 0.451 e. The number of hydrogen-bond acceptors (Lipinski definition) is 5.